The largest absolute Gasteiger partial charge is 0.352 e. The van der Waals surface area contributed by atoms with Gasteiger partial charge < -0.3 is 10.2 Å². The van der Waals surface area contributed by atoms with Crippen LogP contribution in [0.5, 0.6) is 0 Å². The number of hydrogen-bond donors (Lipinski definition) is 1. The summed E-state index contributed by atoms with van der Waals surface area (Å²) >= 11 is 18.6. The van der Waals surface area contributed by atoms with Crippen LogP contribution in [0.25, 0.3) is 0 Å². The second-order valence-corrected chi connectivity index (χ2v) is 13.5. The van der Waals surface area contributed by atoms with Crippen LogP contribution in [-0.4, -0.2) is 50.0 Å². The Morgan fingerprint density at radius 3 is 2.17 bits per heavy atom. The summed E-state index contributed by atoms with van der Waals surface area (Å²) in [6.45, 7) is -0.735. The fourth-order valence-electron chi connectivity index (χ4n) is 5.01. The molecule has 0 aliphatic heterocycles. The third-order valence-corrected chi connectivity index (χ3v) is 9.33. The van der Waals surface area contributed by atoms with E-state index in [0.29, 0.717) is 5.56 Å². The predicted octanol–water partition coefficient (Wildman–Crippen LogP) is 6.25. The van der Waals surface area contributed by atoms with Gasteiger partial charge in [0, 0.05) is 19.0 Å². The van der Waals surface area contributed by atoms with Crippen LogP contribution in [0.1, 0.15) is 36.8 Å². The zero-order valence-electron chi connectivity index (χ0n) is 22.9. The lowest BCUT2D eigenvalue weighted by atomic mass is 10.0. The van der Waals surface area contributed by atoms with Crippen LogP contribution in [-0.2, 0) is 32.6 Å². The van der Waals surface area contributed by atoms with Gasteiger partial charge in [-0.05, 0) is 48.2 Å². The number of sulfonamides is 1. The Morgan fingerprint density at radius 2 is 1.55 bits per heavy atom. The molecule has 0 radical (unpaired) electrons. The lowest BCUT2D eigenvalue weighted by Crippen LogP contribution is -2.54. The van der Waals surface area contributed by atoms with Gasteiger partial charge >= 0.3 is 0 Å². The molecular weight excluding hydrogens is 624 g/mol. The van der Waals surface area contributed by atoms with Crippen LogP contribution in [0.4, 0.5) is 10.1 Å². The molecule has 1 N–H and O–H groups in total. The molecule has 0 aromatic heterocycles. The molecule has 1 aliphatic carbocycles. The number of nitrogens with one attached hydrogen (secondary N) is 1. The lowest BCUT2D eigenvalue weighted by molar-refractivity contribution is -0.140. The molecule has 3 aromatic rings. The summed E-state index contributed by atoms with van der Waals surface area (Å²) in [4.78, 5) is 29.3. The highest BCUT2D eigenvalue weighted by atomic mass is 35.5. The summed E-state index contributed by atoms with van der Waals surface area (Å²) in [5.41, 5.74) is 1.35. The molecule has 7 nitrogen and oxygen atoms in total. The Hall–Kier alpha value is -2.85. The van der Waals surface area contributed by atoms with Crippen molar-refractivity contribution in [2.45, 2.75) is 50.7 Å². The Kier molecular flexibility index (Phi) is 10.8. The number of carbonyl (C=O) groups is 2. The molecule has 12 heteroatoms. The molecule has 0 spiro atoms. The van der Waals surface area contributed by atoms with Gasteiger partial charge in [-0.15, -0.1) is 0 Å². The maximum absolute atomic E-state index is 14.1. The molecule has 0 unspecified atom stereocenters. The standard InChI is InChI=1S/C30H31Cl3FN3O4S/c1-42(40,41)37(27-17-25(32)24(31)16-26(27)33)19-29(38)36(18-21-11-13-22(34)14-12-21)28(15-20-7-3-2-4-8-20)30(39)35-23-9-5-6-10-23/h2-4,7-8,11-14,16-17,23,28H,5-6,9-10,15,18-19H2,1H3,(H,35,39)/t28-/m0/s1. The Balaban J connectivity index is 1.75. The number of halogens is 4. The van der Waals surface area contributed by atoms with Crippen LogP contribution < -0.4 is 9.62 Å². The van der Waals surface area contributed by atoms with E-state index in [2.05, 4.69) is 5.32 Å². The topological polar surface area (TPSA) is 86.8 Å². The van der Waals surface area contributed by atoms with Crippen molar-refractivity contribution in [1.29, 1.82) is 0 Å². The molecule has 0 bridgehead atoms. The fourth-order valence-corrected chi connectivity index (χ4v) is 6.55. The Bertz CT molecular complexity index is 1520. The summed E-state index contributed by atoms with van der Waals surface area (Å²) < 4.78 is 40.5. The van der Waals surface area contributed by atoms with Crippen LogP contribution in [0.15, 0.2) is 66.7 Å². The number of amides is 2. The molecule has 1 aliphatic rings. The van der Waals surface area contributed by atoms with E-state index >= 15 is 0 Å². The quantitative estimate of drug-likeness (QED) is 0.248. The highest BCUT2D eigenvalue weighted by molar-refractivity contribution is 7.92. The predicted molar refractivity (Wildman–Crippen MR) is 165 cm³/mol. The van der Waals surface area contributed by atoms with Crippen LogP contribution in [0.3, 0.4) is 0 Å². The first-order valence-corrected chi connectivity index (χ1v) is 16.4. The number of rotatable bonds is 11. The van der Waals surface area contributed by atoms with Crippen molar-refractivity contribution in [3.63, 3.8) is 0 Å². The maximum atomic E-state index is 14.1. The molecule has 224 valence electrons. The fraction of sp³-hybridized carbons (Fsp3) is 0.333. The number of benzene rings is 3. The number of anilines is 1. The smallest absolute Gasteiger partial charge is 0.244 e. The van der Waals surface area contributed by atoms with Gasteiger partial charge in [0.2, 0.25) is 21.8 Å². The first-order chi connectivity index (χ1) is 19.9. The summed E-state index contributed by atoms with van der Waals surface area (Å²) in [6, 6.07) is 16.4. The molecule has 0 heterocycles. The minimum Gasteiger partial charge on any atom is -0.352 e. The summed E-state index contributed by atoms with van der Waals surface area (Å²) in [6.07, 6.45) is 4.80. The van der Waals surface area contributed by atoms with E-state index in [4.69, 9.17) is 34.8 Å². The van der Waals surface area contributed by atoms with Gasteiger partial charge in [0.05, 0.1) is 27.0 Å². The molecular formula is C30H31Cl3FN3O4S. The minimum absolute atomic E-state index is 0.0129. The van der Waals surface area contributed by atoms with Gasteiger partial charge in [-0.3, -0.25) is 13.9 Å². The van der Waals surface area contributed by atoms with Crippen LogP contribution >= 0.6 is 34.8 Å². The van der Waals surface area contributed by atoms with Crippen molar-refractivity contribution in [2.75, 3.05) is 17.1 Å². The minimum atomic E-state index is -4.05. The number of nitrogens with zero attached hydrogens (tertiary/aromatic N) is 2. The van der Waals surface area contributed by atoms with E-state index in [1.165, 1.54) is 41.3 Å². The van der Waals surface area contributed by atoms with Crippen molar-refractivity contribution in [2.24, 2.45) is 0 Å². The van der Waals surface area contributed by atoms with Gasteiger partial charge in [0.1, 0.15) is 18.4 Å². The van der Waals surface area contributed by atoms with Gasteiger partial charge in [-0.25, -0.2) is 12.8 Å². The molecule has 0 saturated heterocycles. The lowest BCUT2D eigenvalue weighted by Gasteiger charge is -2.34. The van der Waals surface area contributed by atoms with Crippen molar-refractivity contribution >= 4 is 62.3 Å². The molecule has 3 aromatic carbocycles. The third-order valence-electron chi connectivity index (χ3n) is 7.18. The van der Waals surface area contributed by atoms with E-state index in [-0.39, 0.29) is 45.7 Å². The van der Waals surface area contributed by atoms with Gasteiger partial charge in [-0.1, -0.05) is 90.1 Å². The van der Waals surface area contributed by atoms with E-state index in [0.717, 1.165) is 41.8 Å². The van der Waals surface area contributed by atoms with Gasteiger partial charge in [0.15, 0.2) is 0 Å². The second kappa shape index (κ2) is 14.1. The molecule has 4 rings (SSSR count). The summed E-state index contributed by atoms with van der Waals surface area (Å²) in [5.74, 6) is -1.46. The third kappa shape index (κ3) is 8.37. The molecule has 1 saturated carbocycles. The van der Waals surface area contributed by atoms with Gasteiger partial charge in [0.25, 0.3) is 0 Å². The van der Waals surface area contributed by atoms with E-state index in [9.17, 15) is 22.4 Å². The van der Waals surface area contributed by atoms with E-state index in [1.54, 1.807) is 0 Å². The van der Waals surface area contributed by atoms with Crippen molar-refractivity contribution in [3.05, 3.63) is 98.7 Å². The van der Waals surface area contributed by atoms with Crippen molar-refractivity contribution in [3.8, 4) is 0 Å². The number of hydrogen-bond acceptors (Lipinski definition) is 4. The summed E-state index contributed by atoms with van der Waals surface area (Å²) in [7, 11) is -4.05. The average molecular weight is 655 g/mol. The zero-order valence-corrected chi connectivity index (χ0v) is 26.0. The molecule has 1 fully saturated rings. The number of carbonyl (C=O) groups excluding carboxylic acids is 2. The zero-order chi connectivity index (χ0) is 30.4. The first kappa shape index (κ1) is 32.1. The Labute approximate surface area is 260 Å². The van der Waals surface area contributed by atoms with Crippen LogP contribution in [0.2, 0.25) is 15.1 Å². The maximum Gasteiger partial charge on any atom is 0.244 e. The normalized spacial score (nSPS) is 14.4. The van der Waals surface area contributed by atoms with Crippen molar-refractivity contribution < 1.29 is 22.4 Å². The molecule has 42 heavy (non-hydrogen) atoms. The Morgan fingerprint density at radius 1 is 0.929 bits per heavy atom. The first-order valence-electron chi connectivity index (χ1n) is 13.4. The van der Waals surface area contributed by atoms with E-state index < -0.39 is 34.3 Å². The monoisotopic (exact) mass is 653 g/mol. The summed E-state index contributed by atoms with van der Waals surface area (Å²) in [5, 5.41) is 3.24. The molecule has 2 amide bonds. The molecule has 1 atom stereocenters. The SMILES string of the molecule is CS(=O)(=O)N(CC(=O)N(Cc1ccc(F)cc1)[C@@H](Cc1ccccc1)C(=O)NC1CCCC1)c1cc(Cl)c(Cl)cc1Cl. The average Bonchev–Trinajstić information content (AvgIpc) is 3.45. The van der Waals surface area contributed by atoms with Crippen molar-refractivity contribution in [1.82, 2.24) is 10.2 Å². The van der Waals surface area contributed by atoms with Crippen LogP contribution in [0, 0.1) is 5.82 Å². The van der Waals surface area contributed by atoms with E-state index in [1.807, 2.05) is 30.3 Å². The highest BCUT2D eigenvalue weighted by Crippen LogP contribution is 2.35. The van der Waals surface area contributed by atoms with Gasteiger partial charge in [-0.2, -0.15) is 0 Å². The highest BCUT2D eigenvalue weighted by Gasteiger charge is 2.34. The second-order valence-electron chi connectivity index (χ2n) is 10.3.